The van der Waals surface area contributed by atoms with Gasteiger partial charge in [0.05, 0.1) is 30.8 Å². The summed E-state index contributed by atoms with van der Waals surface area (Å²) in [5, 5.41) is 6.04. The topological polar surface area (TPSA) is 112 Å². The molecule has 2 N–H and O–H groups in total. The lowest BCUT2D eigenvalue weighted by atomic mass is 10.1. The highest BCUT2D eigenvalue weighted by molar-refractivity contribution is 5.97. The van der Waals surface area contributed by atoms with E-state index in [1.807, 2.05) is 31.2 Å². The van der Waals surface area contributed by atoms with Crippen molar-refractivity contribution in [3.63, 3.8) is 0 Å². The van der Waals surface area contributed by atoms with E-state index in [1.54, 1.807) is 25.3 Å². The number of aromatic nitrogens is 2. The maximum absolute atomic E-state index is 15.0. The summed E-state index contributed by atoms with van der Waals surface area (Å²) >= 11 is 0. The molecule has 0 aliphatic rings. The van der Waals surface area contributed by atoms with Crippen molar-refractivity contribution in [3.05, 3.63) is 72.3 Å². The van der Waals surface area contributed by atoms with Gasteiger partial charge in [0.25, 0.3) is 0 Å². The Bertz CT molecular complexity index is 1510. The van der Waals surface area contributed by atoms with Gasteiger partial charge in [-0.15, -0.1) is 0 Å². The van der Waals surface area contributed by atoms with Crippen molar-refractivity contribution < 1.29 is 28.2 Å². The lowest BCUT2D eigenvalue weighted by Crippen LogP contribution is -2.12. The molecule has 0 radical (unpaired) electrons. The number of rotatable bonds is 13. The summed E-state index contributed by atoms with van der Waals surface area (Å²) in [7, 11) is 3.11. The number of hydrogen-bond acceptors (Lipinski definition) is 7. The second kappa shape index (κ2) is 14.1. The zero-order chi connectivity index (χ0) is 29.2. The van der Waals surface area contributed by atoms with E-state index in [0.717, 1.165) is 30.6 Å². The Hall–Kier alpha value is -4.73. The predicted octanol–water partition coefficient (Wildman–Crippen LogP) is 6.67. The first-order valence-electron chi connectivity index (χ1n) is 13.4. The number of nitrogens with one attached hydrogen (secondary N) is 2. The molecule has 4 rings (SSSR count). The number of ether oxygens (including phenoxy) is 3. The molecular weight excluding hydrogens is 527 g/mol. The summed E-state index contributed by atoms with van der Waals surface area (Å²) in [4.78, 5) is 33.2. The molecule has 0 fully saturated rings. The lowest BCUT2D eigenvalue weighted by molar-refractivity contribution is -0.117. The van der Waals surface area contributed by atoms with Gasteiger partial charge in [-0.3, -0.25) is 9.59 Å². The number of methoxy groups -OCH3 is 2. The molecular formula is C31H33FN4O5. The van der Waals surface area contributed by atoms with Crippen LogP contribution < -0.4 is 24.8 Å². The van der Waals surface area contributed by atoms with Crippen molar-refractivity contribution in [2.45, 2.75) is 45.4 Å². The zero-order valence-corrected chi connectivity index (χ0v) is 23.3. The van der Waals surface area contributed by atoms with Crippen LogP contribution in [0.5, 0.6) is 23.1 Å². The molecule has 1 heterocycles. The largest absolute Gasteiger partial charge is 0.497 e. The van der Waals surface area contributed by atoms with E-state index in [4.69, 9.17) is 14.2 Å². The van der Waals surface area contributed by atoms with Gasteiger partial charge in [-0.05, 0) is 55.2 Å². The summed E-state index contributed by atoms with van der Waals surface area (Å²) < 4.78 is 31.4. The van der Waals surface area contributed by atoms with Crippen LogP contribution in [-0.4, -0.2) is 36.0 Å². The van der Waals surface area contributed by atoms with E-state index in [9.17, 15) is 9.59 Å². The Kier molecular flexibility index (Phi) is 10.0. The average Bonchev–Trinajstić information content (AvgIpc) is 2.97. The number of halogens is 1. The van der Waals surface area contributed by atoms with Crippen LogP contribution in [0.25, 0.3) is 10.9 Å². The molecule has 3 aromatic carbocycles. The van der Waals surface area contributed by atoms with E-state index < -0.39 is 5.82 Å². The number of amides is 2. The van der Waals surface area contributed by atoms with Gasteiger partial charge in [-0.1, -0.05) is 25.5 Å². The summed E-state index contributed by atoms with van der Waals surface area (Å²) in [6.45, 7) is 2.01. The molecule has 0 bridgehead atoms. The van der Waals surface area contributed by atoms with Gasteiger partial charge in [0.1, 0.15) is 17.8 Å². The molecule has 2 amide bonds. The van der Waals surface area contributed by atoms with Gasteiger partial charge in [0, 0.05) is 30.7 Å². The van der Waals surface area contributed by atoms with Crippen molar-refractivity contribution in [2.75, 3.05) is 24.9 Å². The van der Waals surface area contributed by atoms with Crippen LogP contribution in [0, 0.1) is 5.82 Å². The SMILES string of the molecule is CCCCC(=O)Nc1cc2c(Oc3ccc(NC(=O)CCCc4ccc(OC)cc4)cc3F)ncnc2cc1OC. The van der Waals surface area contributed by atoms with Crippen LogP contribution in [0.2, 0.25) is 0 Å². The Morgan fingerprint density at radius 3 is 2.32 bits per heavy atom. The van der Waals surface area contributed by atoms with E-state index in [2.05, 4.69) is 20.6 Å². The first-order valence-corrected chi connectivity index (χ1v) is 13.4. The second-order valence-electron chi connectivity index (χ2n) is 9.40. The third-order valence-electron chi connectivity index (χ3n) is 6.40. The predicted molar refractivity (Wildman–Crippen MR) is 155 cm³/mol. The van der Waals surface area contributed by atoms with Crippen LogP contribution in [0.4, 0.5) is 15.8 Å². The number of benzene rings is 3. The average molecular weight is 561 g/mol. The molecule has 0 aliphatic heterocycles. The minimum Gasteiger partial charge on any atom is -0.497 e. The molecule has 0 saturated heterocycles. The third kappa shape index (κ3) is 7.91. The van der Waals surface area contributed by atoms with Crippen molar-refractivity contribution in [2.24, 2.45) is 0 Å². The minimum atomic E-state index is -0.672. The van der Waals surface area contributed by atoms with Crippen molar-refractivity contribution >= 4 is 34.1 Å². The number of unbranched alkanes of at least 4 members (excludes halogenated alkanes) is 1. The molecule has 4 aromatic rings. The van der Waals surface area contributed by atoms with Crippen LogP contribution >= 0.6 is 0 Å². The molecule has 214 valence electrons. The molecule has 1 aromatic heterocycles. The number of hydrogen-bond donors (Lipinski definition) is 2. The number of carbonyl (C=O) groups is 2. The maximum atomic E-state index is 15.0. The van der Waals surface area contributed by atoms with E-state index in [1.165, 1.54) is 25.6 Å². The highest BCUT2D eigenvalue weighted by Gasteiger charge is 2.16. The molecule has 0 atom stereocenters. The first-order chi connectivity index (χ1) is 19.9. The number of fused-ring (bicyclic) bond motifs is 1. The smallest absolute Gasteiger partial charge is 0.230 e. The highest BCUT2D eigenvalue weighted by Crippen LogP contribution is 2.35. The lowest BCUT2D eigenvalue weighted by Gasteiger charge is -2.14. The molecule has 0 spiro atoms. The van der Waals surface area contributed by atoms with Crippen molar-refractivity contribution in [1.82, 2.24) is 9.97 Å². The fourth-order valence-electron chi connectivity index (χ4n) is 4.19. The monoisotopic (exact) mass is 560 g/mol. The molecule has 0 saturated carbocycles. The van der Waals surface area contributed by atoms with E-state index >= 15 is 4.39 Å². The molecule has 9 nitrogen and oxygen atoms in total. The number of anilines is 2. The summed E-state index contributed by atoms with van der Waals surface area (Å²) in [6, 6.07) is 15.2. The standard InChI is InChI=1S/C31H33FN4O5/c1-4-5-8-30(38)36-26-17-23-25(18-28(26)40-3)33-19-34-31(23)41-27-15-12-21(16-24(27)32)35-29(37)9-6-7-20-10-13-22(39-2)14-11-20/h10-19H,4-9H2,1-3H3,(H,35,37)(H,36,38). The quantitative estimate of drug-likeness (QED) is 0.188. The van der Waals surface area contributed by atoms with Gasteiger partial charge in [0.2, 0.25) is 17.7 Å². The van der Waals surface area contributed by atoms with Crippen LogP contribution in [0.15, 0.2) is 60.9 Å². The highest BCUT2D eigenvalue weighted by atomic mass is 19.1. The Morgan fingerprint density at radius 1 is 0.854 bits per heavy atom. The summed E-state index contributed by atoms with van der Waals surface area (Å²) in [5.74, 6) is 0.216. The Morgan fingerprint density at radius 2 is 1.61 bits per heavy atom. The van der Waals surface area contributed by atoms with E-state index in [-0.39, 0.29) is 23.4 Å². The molecule has 0 unspecified atom stereocenters. The normalized spacial score (nSPS) is 10.7. The number of aryl methyl sites for hydroxylation is 1. The van der Waals surface area contributed by atoms with Gasteiger partial charge in [-0.25, -0.2) is 14.4 Å². The maximum Gasteiger partial charge on any atom is 0.230 e. The summed E-state index contributed by atoms with van der Waals surface area (Å²) in [6.07, 6.45) is 5.01. The summed E-state index contributed by atoms with van der Waals surface area (Å²) in [5.41, 5.74) is 2.36. The van der Waals surface area contributed by atoms with Crippen LogP contribution in [0.3, 0.4) is 0 Å². The van der Waals surface area contributed by atoms with Gasteiger partial charge in [0.15, 0.2) is 11.6 Å². The van der Waals surface area contributed by atoms with E-state index in [0.29, 0.717) is 47.3 Å². The fourth-order valence-corrected chi connectivity index (χ4v) is 4.19. The Labute approximate surface area is 238 Å². The van der Waals surface area contributed by atoms with Gasteiger partial charge >= 0.3 is 0 Å². The fraction of sp³-hybridized carbons (Fsp3) is 0.290. The van der Waals surface area contributed by atoms with Crippen molar-refractivity contribution in [3.8, 4) is 23.1 Å². The minimum absolute atomic E-state index is 0.0770. The molecule has 0 aliphatic carbocycles. The molecule has 41 heavy (non-hydrogen) atoms. The van der Waals surface area contributed by atoms with Gasteiger partial charge in [-0.2, -0.15) is 0 Å². The van der Waals surface area contributed by atoms with Gasteiger partial charge < -0.3 is 24.8 Å². The number of nitrogens with zero attached hydrogens (tertiary/aromatic N) is 2. The molecule has 10 heteroatoms. The van der Waals surface area contributed by atoms with Crippen LogP contribution in [0.1, 0.15) is 44.6 Å². The Balaban J connectivity index is 1.42. The number of carbonyl (C=O) groups excluding carboxylic acids is 2. The third-order valence-corrected chi connectivity index (χ3v) is 6.40. The zero-order valence-electron chi connectivity index (χ0n) is 23.3. The van der Waals surface area contributed by atoms with Crippen LogP contribution in [-0.2, 0) is 16.0 Å². The first kappa shape index (κ1) is 29.3. The van der Waals surface area contributed by atoms with Crippen molar-refractivity contribution in [1.29, 1.82) is 0 Å². The second-order valence-corrected chi connectivity index (χ2v) is 9.40.